The Morgan fingerprint density at radius 1 is 1.10 bits per heavy atom. The first kappa shape index (κ1) is 18.8. The van der Waals surface area contributed by atoms with Crippen LogP contribution in [-0.2, 0) is 9.59 Å². The van der Waals surface area contributed by atoms with Gasteiger partial charge in [-0.2, -0.15) is 0 Å². The van der Waals surface area contributed by atoms with Gasteiger partial charge in [-0.15, -0.1) is 0 Å². The van der Waals surface area contributed by atoms with Crippen molar-refractivity contribution in [3.63, 3.8) is 0 Å². The van der Waals surface area contributed by atoms with Gasteiger partial charge in [-0.3, -0.25) is 0 Å². The smallest absolute Gasteiger partial charge is 0.549 e. The molecule has 0 aliphatic rings. The van der Waals surface area contributed by atoms with Gasteiger partial charge >= 0.3 is 138 Å². The fraction of sp³-hybridized carbons (Fsp3) is 0.500. The van der Waals surface area contributed by atoms with E-state index >= 15 is 0 Å². The van der Waals surface area contributed by atoms with E-state index in [2.05, 4.69) is 0 Å². The Morgan fingerprint density at radius 3 is 1.30 bits per heavy atom. The number of hydrogen-bond acceptors (Lipinski definition) is 4. The Bertz CT molecular complexity index is 110. The molecule has 0 aliphatic heterocycles. The number of aliphatic carboxylic acids is 2. The molecule has 0 aromatic heterocycles. The first-order chi connectivity index (χ1) is 3.55. The van der Waals surface area contributed by atoms with Crippen molar-refractivity contribution in [2.24, 2.45) is 5.92 Å². The third kappa shape index (κ3) is 9.13. The number of carboxylic acids is 2. The van der Waals surface area contributed by atoms with Crippen LogP contribution in [0.15, 0.2) is 0 Å². The first-order valence-corrected chi connectivity index (χ1v) is 1.97. The van der Waals surface area contributed by atoms with Crippen LogP contribution >= 0.6 is 0 Å². The molecule has 0 aromatic carbocycles. The second-order valence-electron chi connectivity index (χ2n) is 1.36. The van der Waals surface area contributed by atoms with E-state index in [1.165, 1.54) is 0 Å². The van der Waals surface area contributed by atoms with Gasteiger partial charge in [0.2, 0.25) is 0 Å². The van der Waals surface area contributed by atoms with Gasteiger partial charge in [0.25, 0.3) is 0 Å². The topological polar surface area (TPSA) is 80.3 Å². The zero-order valence-electron chi connectivity index (χ0n) is 6.21. The molecule has 0 aliphatic carbocycles. The summed E-state index contributed by atoms with van der Waals surface area (Å²) in [6.07, 6.45) is 0. The van der Waals surface area contributed by atoms with Crippen molar-refractivity contribution in [3.8, 4) is 0 Å². The van der Waals surface area contributed by atoms with E-state index in [1.54, 1.807) is 0 Å². The Kier molecular flexibility index (Phi) is 19.0. The molecule has 0 fully saturated rings. The summed E-state index contributed by atoms with van der Waals surface area (Å²) in [6.45, 7) is 0.991. The predicted octanol–water partition coefficient (Wildman–Crippen LogP) is -8.87. The SMILES string of the molecule is CC(C(=O)[O-])C(=O)[O-].[Cs+].[Cs+]. The van der Waals surface area contributed by atoms with Crippen molar-refractivity contribution >= 4 is 11.9 Å². The van der Waals surface area contributed by atoms with Crippen molar-refractivity contribution < 1.29 is 158 Å². The maximum atomic E-state index is 9.61. The molecular weight excluding hydrogens is 378 g/mol. The molecule has 0 spiro atoms. The van der Waals surface area contributed by atoms with Crippen molar-refractivity contribution in [3.05, 3.63) is 0 Å². The van der Waals surface area contributed by atoms with Crippen LogP contribution in [-0.4, -0.2) is 11.9 Å². The van der Waals surface area contributed by atoms with Gasteiger partial charge in [0.1, 0.15) is 0 Å². The molecule has 0 N–H and O–H groups in total. The average Bonchev–Trinajstić information content (AvgIpc) is 1.64. The first-order valence-electron chi connectivity index (χ1n) is 1.97. The molecular formula is C4H4Cs2O4. The van der Waals surface area contributed by atoms with Crippen LogP contribution in [0, 0.1) is 5.92 Å². The molecule has 0 unspecified atom stereocenters. The number of carbonyl (C=O) groups is 2. The summed E-state index contributed by atoms with van der Waals surface area (Å²) in [5.74, 6) is -4.76. The summed E-state index contributed by atoms with van der Waals surface area (Å²) in [4.78, 5) is 19.2. The molecule has 0 atom stereocenters. The normalized spacial score (nSPS) is 7.40. The summed E-state index contributed by atoms with van der Waals surface area (Å²) < 4.78 is 0. The number of carboxylic acid groups (broad SMARTS) is 2. The van der Waals surface area contributed by atoms with Crippen molar-refractivity contribution in [2.45, 2.75) is 6.92 Å². The molecule has 0 heterocycles. The Labute approximate surface area is 176 Å². The van der Waals surface area contributed by atoms with Crippen molar-refractivity contribution in [2.75, 3.05) is 0 Å². The Balaban J connectivity index is -0.000000245. The second kappa shape index (κ2) is 10.1. The largest absolute Gasteiger partial charge is 1.00 e. The second-order valence-corrected chi connectivity index (χ2v) is 1.36. The van der Waals surface area contributed by atoms with Gasteiger partial charge in [0, 0.05) is 17.9 Å². The maximum absolute atomic E-state index is 9.61. The van der Waals surface area contributed by atoms with Crippen molar-refractivity contribution in [1.82, 2.24) is 0 Å². The van der Waals surface area contributed by atoms with E-state index in [0.717, 1.165) is 6.92 Å². The molecule has 0 rings (SSSR count). The molecule has 0 bridgehead atoms. The average molecular weight is 382 g/mol. The quantitative estimate of drug-likeness (QED) is 0.445. The molecule has 0 aromatic rings. The minimum absolute atomic E-state index is 0. The van der Waals surface area contributed by atoms with E-state index in [1.807, 2.05) is 0 Å². The number of hydrogen-bond donors (Lipinski definition) is 0. The van der Waals surface area contributed by atoms with E-state index < -0.39 is 17.9 Å². The Morgan fingerprint density at radius 2 is 1.30 bits per heavy atom. The molecule has 0 amide bonds. The van der Waals surface area contributed by atoms with Gasteiger partial charge in [0.05, 0.1) is 0 Å². The number of rotatable bonds is 2. The third-order valence-electron chi connectivity index (χ3n) is 0.707. The van der Waals surface area contributed by atoms with Crippen molar-refractivity contribution in [1.29, 1.82) is 0 Å². The zero-order chi connectivity index (χ0) is 6.73. The van der Waals surface area contributed by atoms with E-state index in [0.29, 0.717) is 0 Å². The molecule has 6 heteroatoms. The summed E-state index contributed by atoms with van der Waals surface area (Å²) in [5.41, 5.74) is 0. The molecule has 0 saturated heterocycles. The molecule has 4 nitrogen and oxygen atoms in total. The third-order valence-corrected chi connectivity index (χ3v) is 0.707. The number of carbonyl (C=O) groups excluding carboxylic acids is 2. The van der Waals surface area contributed by atoms with Crippen LogP contribution < -0.4 is 148 Å². The summed E-state index contributed by atoms with van der Waals surface area (Å²) in [7, 11) is 0. The van der Waals surface area contributed by atoms with Crippen LogP contribution in [0.4, 0.5) is 0 Å². The summed E-state index contributed by atoms with van der Waals surface area (Å²) in [5, 5.41) is 19.2. The minimum atomic E-state index is -1.62. The van der Waals surface area contributed by atoms with Gasteiger partial charge < -0.3 is 19.8 Å². The van der Waals surface area contributed by atoms with Crippen LogP contribution in [0.2, 0.25) is 0 Å². The molecule has 0 radical (unpaired) electrons. The van der Waals surface area contributed by atoms with E-state index in [9.17, 15) is 19.8 Å². The van der Waals surface area contributed by atoms with E-state index in [-0.39, 0.29) is 138 Å². The van der Waals surface area contributed by atoms with Crippen LogP contribution in [0.25, 0.3) is 0 Å². The van der Waals surface area contributed by atoms with Gasteiger partial charge in [-0.05, 0) is 0 Å². The monoisotopic (exact) mass is 382 g/mol. The maximum Gasteiger partial charge on any atom is 1.00 e. The molecule has 46 valence electrons. The molecule has 10 heavy (non-hydrogen) atoms. The fourth-order valence-electron chi connectivity index (χ4n) is 0.0962. The predicted molar refractivity (Wildman–Crippen MR) is 19.2 cm³/mol. The van der Waals surface area contributed by atoms with Gasteiger partial charge in [0.15, 0.2) is 0 Å². The molecule has 0 saturated carbocycles. The fourth-order valence-corrected chi connectivity index (χ4v) is 0.0962. The van der Waals surface area contributed by atoms with Crippen LogP contribution in [0.3, 0.4) is 0 Å². The van der Waals surface area contributed by atoms with Gasteiger partial charge in [-0.25, -0.2) is 0 Å². The summed E-state index contributed by atoms with van der Waals surface area (Å²) in [6, 6.07) is 0. The van der Waals surface area contributed by atoms with E-state index in [4.69, 9.17) is 0 Å². The Hall–Kier alpha value is 3.04. The zero-order valence-corrected chi connectivity index (χ0v) is 18.8. The van der Waals surface area contributed by atoms with Crippen LogP contribution in [0.1, 0.15) is 6.92 Å². The summed E-state index contributed by atoms with van der Waals surface area (Å²) >= 11 is 0. The van der Waals surface area contributed by atoms with Gasteiger partial charge in [-0.1, -0.05) is 6.92 Å². The standard InChI is InChI=1S/C4H6O4.2Cs/c1-2(3(5)6)4(7)8;;/h2H,1H3,(H,5,6)(H,7,8);;/q;2*+1/p-2. The van der Waals surface area contributed by atoms with Crippen LogP contribution in [0.5, 0.6) is 0 Å². The minimum Gasteiger partial charge on any atom is -0.549 e.